The minimum absolute atomic E-state index is 0.142. The molecule has 2 atom stereocenters. The van der Waals surface area contributed by atoms with Crippen molar-refractivity contribution in [2.45, 2.75) is 57.0 Å². The Kier molecular flexibility index (Phi) is 6.38. The zero-order valence-electron chi connectivity index (χ0n) is 21.5. The minimum Gasteiger partial charge on any atom is -0.343 e. The highest BCUT2D eigenvalue weighted by Gasteiger charge is 2.44. The van der Waals surface area contributed by atoms with Crippen LogP contribution in [0.1, 0.15) is 40.5 Å². The minimum atomic E-state index is -0.359. The van der Waals surface area contributed by atoms with Crippen LogP contribution in [-0.2, 0) is 0 Å². The number of halogens is 2. The fraction of sp³-hybridized carbons (Fsp3) is 0.333. The Balaban J connectivity index is 1.66. The van der Waals surface area contributed by atoms with Gasteiger partial charge in [-0.15, -0.1) is 11.6 Å². The molecule has 4 aliphatic rings. The predicted molar refractivity (Wildman–Crippen MR) is 154 cm³/mol. The first-order valence-electron chi connectivity index (χ1n) is 12.4. The number of allylic oxidation sites excluding steroid dienone is 7. The highest BCUT2D eigenvalue weighted by molar-refractivity contribution is 6.30. The van der Waals surface area contributed by atoms with Crippen LogP contribution in [0.5, 0.6) is 0 Å². The Labute approximate surface area is 224 Å². The van der Waals surface area contributed by atoms with Crippen LogP contribution in [0.25, 0.3) is 0 Å². The number of hydrogen-bond donors (Lipinski definition) is 0. The normalized spacial score (nSPS) is 28.2. The van der Waals surface area contributed by atoms with Gasteiger partial charge < -0.3 is 9.80 Å². The highest BCUT2D eigenvalue weighted by atomic mass is 35.5. The Hall–Kier alpha value is -2.82. The fourth-order valence-corrected chi connectivity index (χ4v) is 5.33. The number of benzene rings is 1. The van der Waals surface area contributed by atoms with Gasteiger partial charge in [-0.05, 0) is 89.1 Å². The summed E-state index contributed by atoms with van der Waals surface area (Å²) in [6.07, 6.45) is 19.0. The number of aliphatic imine (C=N–C) groups is 2. The second-order valence-corrected chi connectivity index (χ2v) is 11.7. The van der Waals surface area contributed by atoms with Gasteiger partial charge in [-0.25, -0.2) is 4.99 Å². The van der Waals surface area contributed by atoms with Gasteiger partial charge >= 0.3 is 0 Å². The molecule has 6 heteroatoms. The van der Waals surface area contributed by atoms with Crippen LogP contribution in [0.3, 0.4) is 0 Å². The van der Waals surface area contributed by atoms with Crippen LogP contribution >= 0.6 is 23.2 Å². The summed E-state index contributed by atoms with van der Waals surface area (Å²) in [6, 6.07) is 8.01. The van der Waals surface area contributed by atoms with Crippen molar-refractivity contribution >= 4 is 40.3 Å². The highest BCUT2D eigenvalue weighted by Crippen LogP contribution is 2.45. The fourth-order valence-electron chi connectivity index (χ4n) is 5.07. The smallest absolute Gasteiger partial charge is 0.0893 e. The molecule has 0 spiro atoms. The van der Waals surface area contributed by atoms with Gasteiger partial charge in [-0.3, -0.25) is 4.99 Å². The van der Waals surface area contributed by atoms with Crippen molar-refractivity contribution < 1.29 is 0 Å². The predicted octanol–water partition coefficient (Wildman–Crippen LogP) is 7.61. The molecule has 0 aromatic heterocycles. The summed E-state index contributed by atoms with van der Waals surface area (Å²) >= 11 is 12.8. The van der Waals surface area contributed by atoms with E-state index in [1.54, 1.807) is 0 Å². The van der Waals surface area contributed by atoms with E-state index in [1.807, 2.05) is 31.2 Å². The molecule has 3 aliphatic carbocycles. The number of alkyl halides is 1. The topological polar surface area (TPSA) is 31.2 Å². The van der Waals surface area contributed by atoms with E-state index in [0.717, 1.165) is 52.7 Å². The van der Waals surface area contributed by atoms with Gasteiger partial charge in [-0.1, -0.05) is 35.9 Å². The summed E-state index contributed by atoms with van der Waals surface area (Å²) in [5, 5.41) is 0.716. The van der Waals surface area contributed by atoms with Gasteiger partial charge in [0, 0.05) is 29.5 Å². The Morgan fingerprint density at radius 2 is 1.86 bits per heavy atom. The lowest BCUT2D eigenvalue weighted by molar-refractivity contribution is 0.239. The molecule has 0 saturated heterocycles. The van der Waals surface area contributed by atoms with Crippen molar-refractivity contribution in [2.24, 2.45) is 9.98 Å². The second-order valence-electron chi connectivity index (χ2n) is 10.4. The Bertz CT molecular complexity index is 1320. The summed E-state index contributed by atoms with van der Waals surface area (Å²) in [5.74, 6) is 0. The van der Waals surface area contributed by atoms with Gasteiger partial charge in [0.15, 0.2) is 0 Å². The van der Waals surface area contributed by atoms with Crippen molar-refractivity contribution in [3.05, 3.63) is 101 Å². The molecule has 0 fully saturated rings. The van der Waals surface area contributed by atoms with Crippen LogP contribution in [0, 0.1) is 0 Å². The lowest BCUT2D eigenvalue weighted by atomic mass is 9.82. The van der Waals surface area contributed by atoms with Crippen LogP contribution in [0.2, 0.25) is 5.02 Å². The van der Waals surface area contributed by atoms with Crippen molar-refractivity contribution in [1.29, 1.82) is 0 Å². The monoisotopic (exact) mass is 518 g/mol. The first-order chi connectivity index (χ1) is 17.1. The molecule has 1 heterocycles. The molecule has 36 heavy (non-hydrogen) atoms. The van der Waals surface area contributed by atoms with E-state index in [4.69, 9.17) is 33.2 Å². The van der Waals surface area contributed by atoms with E-state index in [-0.39, 0.29) is 16.5 Å². The molecule has 4 nitrogen and oxygen atoms in total. The number of rotatable bonds is 4. The molecular weight excluding hydrogens is 487 g/mol. The molecule has 0 radical (unpaired) electrons. The van der Waals surface area contributed by atoms with Crippen LogP contribution in [0.4, 0.5) is 5.69 Å². The molecule has 0 bridgehead atoms. The lowest BCUT2D eigenvalue weighted by Crippen LogP contribution is -2.52. The maximum atomic E-state index is 6.63. The molecule has 0 saturated carbocycles. The van der Waals surface area contributed by atoms with Crippen molar-refractivity contribution in [1.82, 2.24) is 4.90 Å². The molecule has 1 aromatic carbocycles. The number of anilines is 1. The zero-order chi connectivity index (χ0) is 25.7. The van der Waals surface area contributed by atoms with E-state index in [1.165, 1.54) is 0 Å². The molecule has 5 rings (SSSR count). The summed E-state index contributed by atoms with van der Waals surface area (Å²) in [7, 11) is 2.06. The maximum Gasteiger partial charge on any atom is 0.0893 e. The first kappa shape index (κ1) is 24.9. The van der Waals surface area contributed by atoms with E-state index < -0.39 is 0 Å². The number of hydrogen-bond acceptors (Lipinski definition) is 4. The standard InChI is InChI=1S/C30H32Cl2N4/c1-20(2)33-24-19-27-25(18-26(24)35(5)22-11-9-21(31)10-12-22)34-28-8-6-7-15-30(28,4)36(27)23-13-16-29(3,32)17-14-23/h6-14,16,18-20H,15,17H2,1-5H3. The molecule has 2 unspecified atom stereocenters. The molecule has 0 amide bonds. The van der Waals surface area contributed by atoms with E-state index in [9.17, 15) is 0 Å². The van der Waals surface area contributed by atoms with Gasteiger partial charge in [0.25, 0.3) is 0 Å². The van der Waals surface area contributed by atoms with Gasteiger partial charge in [-0.2, -0.15) is 0 Å². The third kappa shape index (κ3) is 4.53. The third-order valence-electron chi connectivity index (χ3n) is 7.05. The molecule has 1 aromatic rings. The summed E-state index contributed by atoms with van der Waals surface area (Å²) in [6.45, 7) is 8.53. The average molecular weight is 520 g/mol. The van der Waals surface area contributed by atoms with E-state index in [0.29, 0.717) is 5.02 Å². The second kappa shape index (κ2) is 9.24. The van der Waals surface area contributed by atoms with Crippen molar-refractivity contribution in [3.8, 4) is 0 Å². The number of fused-ring (bicyclic) bond motifs is 2. The third-order valence-corrected chi connectivity index (χ3v) is 7.58. The lowest BCUT2D eigenvalue weighted by Gasteiger charge is -2.50. The van der Waals surface area contributed by atoms with E-state index in [2.05, 4.69) is 86.2 Å². The Morgan fingerprint density at radius 1 is 1.11 bits per heavy atom. The zero-order valence-corrected chi connectivity index (χ0v) is 23.0. The largest absolute Gasteiger partial charge is 0.343 e. The number of nitrogens with zero attached hydrogens (tertiary/aromatic N) is 4. The van der Waals surface area contributed by atoms with E-state index >= 15 is 0 Å². The quantitative estimate of drug-likeness (QED) is 0.303. The van der Waals surface area contributed by atoms with Gasteiger partial charge in [0.2, 0.25) is 0 Å². The van der Waals surface area contributed by atoms with Crippen molar-refractivity contribution in [3.63, 3.8) is 0 Å². The van der Waals surface area contributed by atoms with Crippen LogP contribution < -0.4 is 4.90 Å². The summed E-state index contributed by atoms with van der Waals surface area (Å²) < 4.78 is 0. The van der Waals surface area contributed by atoms with Gasteiger partial charge in [0.1, 0.15) is 0 Å². The average Bonchev–Trinajstić information content (AvgIpc) is 2.82. The molecule has 0 N–H and O–H groups in total. The molecule has 1 aliphatic heterocycles. The SMILES string of the molecule is CC(C)N=C1C=C2C(=NC3=CC=CCC3(C)N2C2=CCC(C)(Cl)C=C2)C=C1N(C)c1ccc(Cl)cc1. The Morgan fingerprint density at radius 3 is 2.53 bits per heavy atom. The van der Waals surface area contributed by atoms with Crippen molar-refractivity contribution in [2.75, 3.05) is 11.9 Å². The molecule has 186 valence electrons. The summed E-state index contributed by atoms with van der Waals surface area (Å²) in [4.78, 5) is 14.4. The summed E-state index contributed by atoms with van der Waals surface area (Å²) in [5.41, 5.74) is 6.87. The van der Waals surface area contributed by atoms with Gasteiger partial charge in [0.05, 0.1) is 38.9 Å². The van der Waals surface area contributed by atoms with Crippen LogP contribution in [-0.4, -0.2) is 39.8 Å². The first-order valence-corrected chi connectivity index (χ1v) is 13.2. The van der Waals surface area contributed by atoms with Crippen LogP contribution in [0.15, 0.2) is 106 Å². The molecular formula is C30H32Cl2N4. The maximum absolute atomic E-state index is 6.63.